The molecule has 2 aromatic carbocycles. The van der Waals surface area contributed by atoms with Crippen molar-refractivity contribution in [3.05, 3.63) is 64.7 Å². The van der Waals surface area contributed by atoms with E-state index in [1.54, 1.807) is 19.1 Å². The highest BCUT2D eigenvalue weighted by Crippen LogP contribution is 2.22. The summed E-state index contributed by atoms with van der Waals surface area (Å²) in [5, 5.41) is 2.82. The molecule has 2 rings (SSSR count). The Morgan fingerprint density at radius 1 is 1.00 bits per heavy atom. The number of carbonyl (C=O) groups is 2. The quantitative estimate of drug-likeness (QED) is 0.805. The van der Waals surface area contributed by atoms with Crippen LogP contribution in [0.25, 0.3) is 0 Å². The van der Waals surface area contributed by atoms with Crippen LogP contribution in [0.1, 0.15) is 54.7 Å². The van der Waals surface area contributed by atoms with Crippen LogP contribution in [0.3, 0.4) is 0 Å². The first-order valence-corrected chi connectivity index (χ1v) is 8.78. The van der Waals surface area contributed by atoms with Crippen molar-refractivity contribution in [2.45, 2.75) is 53.1 Å². The predicted molar refractivity (Wildman–Crippen MR) is 105 cm³/mol. The Morgan fingerprint density at radius 3 is 2.19 bits per heavy atom. The first kappa shape index (κ1) is 19.7. The van der Waals surface area contributed by atoms with Gasteiger partial charge in [0, 0.05) is 5.69 Å². The number of ether oxygens (including phenoxy) is 1. The Labute approximate surface area is 155 Å². The van der Waals surface area contributed by atoms with E-state index in [0.29, 0.717) is 5.56 Å². The minimum absolute atomic E-state index is 0.0152. The Hall–Kier alpha value is -2.62. The Bertz CT molecular complexity index is 801. The van der Waals surface area contributed by atoms with Gasteiger partial charge in [-0.05, 0) is 61.1 Å². The van der Waals surface area contributed by atoms with E-state index >= 15 is 0 Å². The van der Waals surface area contributed by atoms with E-state index in [4.69, 9.17) is 4.74 Å². The van der Waals surface area contributed by atoms with Gasteiger partial charge in [-0.2, -0.15) is 0 Å². The van der Waals surface area contributed by atoms with Gasteiger partial charge in [-0.3, -0.25) is 4.79 Å². The van der Waals surface area contributed by atoms with Crippen LogP contribution in [0.15, 0.2) is 42.5 Å². The number of esters is 1. The van der Waals surface area contributed by atoms with Gasteiger partial charge in [0.1, 0.15) is 0 Å². The van der Waals surface area contributed by atoms with Gasteiger partial charge in [-0.15, -0.1) is 0 Å². The second kappa shape index (κ2) is 7.73. The van der Waals surface area contributed by atoms with Crippen molar-refractivity contribution in [3.63, 3.8) is 0 Å². The van der Waals surface area contributed by atoms with Gasteiger partial charge in [-0.25, -0.2) is 4.79 Å². The van der Waals surface area contributed by atoms with E-state index in [-0.39, 0.29) is 11.3 Å². The molecule has 0 aliphatic rings. The third-order valence-electron chi connectivity index (χ3n) is 4.50. The van der Waals surface area contributed by atoms with Crippen molar-refractivity contribution >= 4 is 17.6 Å². The summed E-state index contributed by atoms with van der Waals surface area (Å²) in [5.41, 5.74) is 4.40. The second-order valence-corrected chi connectivity index (χ2v) is 7.61. The highest BCUT2D eigenvalue weighted by molar-refractivity contribution is 5.97. The van der Waals surface area contributed by atoms with E-state index in [9.17, 15) is 9.59 Å². The van der Waals surface area contributed by atoms with Crippen LogP contribution in [0.5, 0.6) is 0 Å². The molecule has 0 aromatic heterocycles. The highest BCUT2D eigenvalue weighted by Gasteiger charge is 2.20. The number of anilines is 1. The largest absolute Gasteiger partial charge is 0.449 e. The lowest BCUT2D eigenvalue weighted by Gasteiger charge is -2.19. The maximum atomic E-state index is 12.3. The van der Waals surface area contributed by atoms with Crippen LogP contribution in [-0.4, -0.2) is 18.0 Å². The zero-order valence-electron chi connectivity index (χ0n) is 16.3. The fourth-order valence-corrected chi connectivity index (χ4v) is 2.51. The van der Waals surface area contributed by atoms with Crippen molar-refractivity contribution in [1.82, 2.24) is 0 Å². The molecule has 0 spiro atoms. The van der Waals surface area contributed by atoms with Gasteiger partial charge < -0.3 is 10.1 Å². The monoisotopic (exact) mass is 353 g/mol. The number of aryl methyl sites for hydroxylation is 1. The van der Waals surface area contributed by atoms with Crippen LogP contribution >= 0.6 is 0 Å². The summed E-state index contributed by atoms with van der Waals surface area (Å²) in [6.45, 7) is 11.8. The molecule has 0 aliphatic carbocycles. The Morgan fingerprint density at radius 2 is 1.62 bits per heavy atom. The zero-order chi connectivity index (χ0) is 19.5. The molecule has 0 aliphatic heterocycles. The molecule has 4 nitrogen and oxygen atoms in total. The van der Waals surface area contributed by atoms with Crippen molar-refractivity contribution < 1.29 is 14.3 Å². The molecular weight excluding hydrogens is 326 g/mol. The fraction of sp³-hybridized carbons (Fsp3) is 0.364. The Balaban J connectivity index is 2.02. The molecule has 0 radical (unpaired) electrons. The number of nitrogens with one attached hydrogen (secondary N) is 1. The zero-order valence-corrected chi connectivity index (χ0v) is 16.3. The van der Waals surface area contributed by atoms with E-state index in [0.717, 1.165) is 22.4 Å². The van der Waals surface area contributed by atoms with E-state index in [1.807, 2.05) is 44.2 Å². The fourth-order valence-electron chi connectivity index (χ4n) is 2.51. The third-order valence-corrected chi connectivity index (χ3v) is 4.50. The number of rotatable bonds is 4. The summed E-state index contributed by atoms with van der Waals surface area (Å²) in [7, 11) is 0. The minimum Gasteiger partial charge on any atom is -0.449 e. The number of amides is 1. The lowest BCUT2D eigenvalue weighted by Crippen LogP contribution is -2.30. The van der Waals surface area contributed by atoms with Crippen LogP contribution in [-0.2, 0) is 14.9 Å². The molecule has 1 amide bonds. The number of benzene rings is 2. The van der Waals surface area contributed by atoms with Crippen molar-refractivity contribution in [1.29, 1.82) is 0 Å². The van der Waals surface area contributed by atoms with Crippen LogP contribution in [0.4, 0.5) is 5.69 Å². The van der Waals surface area contributed by atoms with E-state index < -0.39 is 12.1 Å². The molecule has 1 unspecified atom stereocenters. The third kappa shape index (κ3) is 4.72. The van der Waals surface area contributed by atoms with E-state index in [2.05, 4.69) is 26.1 Å². The van der Waals surface area contributed by atoms with Gasteiger partial charge in [0.15, 0.2) is 6.10 Å². The predicted octanol–water partition coefficient (Wildman–Crippen LogP) is 4.78. The average Bonchev–Trinajstić information content (AvgIpc) is 2.58. The SMILES string of the molecule is Cc1cccc(NC(=O)C(C)OC(=O)c2ccc(C(C)(C)C)cc2)c1C. The maximum absolute atomic E-state index is 12.3. The molecule has 0 saturated carbocycles. The van der Waals surface area contributed by atoms with Crippen molar-refractivity contribution in [2.75, 3.05) is 5.32 Å². The summed E-state index contributed by atoms with van der Waals surface area (Å²) in [6, 6.07) is 13.0. The summed E-state index contributed by atoms with van der Waals surface area (Å²) >= 11 is 0. The first-order chi connectivity index (χ1) is 12.1. The molecule has 1 N–H and O–H groups in total. The normalized spacial score (nSPS) is 12.4. The second-order valence-electron chi connectivity index (χ2n) is 7.61. The van der Waals surface area contributed by atoms with Gasteiger partial charge in [0.2, 0.25) is 0 Å². The van der Waals surface area contributed by atoms with Gasteiger partial charge in [0.25, 0.3) is 5.91 Å². The first-order valence-electron chi connectivity index (χ1n) is 8.78. The molecule has 26 heavy (non-hydrogen) atoms. The molecule has 138 valence electrons. The summed E-state index contributed by atoms with van der Waals surface area (Å²) in [4.78, 5) is 24.6. The summed E-state index contributed by atoms with van der Waals surface area (Å²) in [5.74, 6) is -0.854. The van der Waals surface area contributed by atoms with Crippen LogP contribution in [0.2, 0.25) is 0 Å². The lowest BCUT2D eigenvalue weighted by atomic mass is 9.87. The summed E-state index contributed by atoms with van der Waals surface area (Å²) in [6.07, 6.45) is -0.885. The van der Waals surface area contributed by atoms with Crippen LogP contribution in [0, 0.1) is 13.8 Å². The standard InChI is InChI=1S/C22H27NO3/c1-14-8-7-9-19(15(14)2)23-20(24)16(3)26-21(25)17-10-12-18(13-11-17)22(4,5)6/h7-13,16H,1-6H3,(H,23,24). The van der Waals surface area contributed by atoms with Gasteiger partial charge in [0.05, 0.1) is 5.56 Å². The average molecular weight is 353 g/mol. The molecule has 0 fully saturated rings. The number of hydrogen-bond donors (Lipinski definition) is 1. The molecule has 0 bridgehead atoms. The topological polar surface area (TPSA) is 55.4 Å². The Kier molecular flexibility index (Phi) is 5.86. The molecular formula is C22H27NO3. The number of carbonyl (C=O) groups excluding carboxylic acids is 2. The van der Waals surface area contributed by atoms with Crippen molar-refractivity contribution in [2.24, 2.45) is 0 Å². The summed E-state index contributed by atoms with van der Waals surface area (Å²) < 4.78 is 5.32. The molecule has 1 atom stereocenters. The lowest BCUT2D eigenvalue weighted by molar-refractivity contribution is -0.123. The maximum Gasteiger partial charge on any atom is 0.338 e. The molecule has 4 heteroatoms. The number of hydrogen-bond acceptors (Lipinski definition) is 3. The molecule has 0 saturated heterocycles. The molecule has 2 aromatic rings. The van der Waals surface area contributed by atoms with Crippen molar-refractivity contribution in [3.8, 4) is 0 Å². The van der Waals surface area contributed by atoms with E-state index in [1.165, 1.54) is 0 Å². The minimum atomic E-state index is -0.885. The highest BCUT2D eigenvalue weighted by atomic mass is 16.5. The van der Waals surface area contributed by atoms with Crippen LogP contribution < -0.4 is 5.32 Å². The van der Waals surface area contributed by atoms with Gasteiger partial charge >= 0.3 is 5.97 Å². The van der Waals surface area contributed by atoms with Gasteiger partial charge in [-0.1, -0.05) is 45.0 Å². The smallest absolute Gasteiger partial charge is 0.338 e. The molecule has 0 heterocycles.